The molecule has 4 rings (SSSR count). The van der Waals surface area contributed by atoms with Gasteiger partial charge in [-0.25, -0.2) is 0 Å². The van der Waals surface area contributed by atoms with Gasteiger partial charge in [0.2, 0.25) is 0 Å². The molecule has 0 radical (unpaired) electrons. The van der Waals surface area contributed by atoms with E-state index in [1.807, 2.05) is 0 Å². The highest BCUT2D eigenvalue weighted by molar-refractivity contribution is 6.76. The fourth-order valence-electron chi connectivity index (χ4n) is 6.57. The predicted molar refractivity (Wildman–Crippen MR) is 124 cm³/mol. The molecule has 0 amide bonds. The summed E-state index contributed by atoms with van der Waals surface area (Å²) >= 11 is 0. The Bertz CT molecular complexity index is 753. The molecule has 4 unspecified atom stereocenters. The molecule has 0 spiro atoms. The highest BCUT2D eigenvalue weighted by atomic mass is 28.3. The molecule has 28 heavy (non-hydrogen) atoms. The van der Waals surface area contributed by atoms with Gasteiger partial charge < -0.3 is 9.88 Å². The van der Waals surface area contributed by atoms with Crippen molar-refractivity contribution in [2.24, 2.45) is 17.8 Å². The van der Waals surface area contributed by atoms with Crippen LogP contribution >= 0.6 is 0 Å². The van der Waals surface area contributed by atoms with Gasteiger partial charge in [-0.05, 0) is 54.7 Å². The first kappa shape index (κ1) is 20.1. The lowest BCUT2D eigenvalue weighted by atomic mass is 9.80. The molecule has 1 heterocycles. The normalized spacial score (nSPS) is 31.0. The number of piperazine rings is 1. The maximum atomic E-state index is 3.56. The maximum Gasteiger partial charge on any atom is 0.126 e. The third-order valence-corrected chi connectivity index (χ3v) is 12.3. The molecule has 2 fully saturated rings. The van der Waals surface area contributed by atoms with Gasteiger partial charge in [0, 0.05) is 26.2 Å². The molecule has 1 aromatic carbocycles. The first-order valence-corrected chi connectivity index (χ1v) is 14.4. The van der Waals surface area contributed by atoms with Crippen molar-refractivity contribution in [2.45, 2.75) is 52.2 Å². The van der Waals surface area contributed by atoms with Gasteiger partial charge in [-0.3, -0.25) is 0 Å². The SMILES string of the molecule is CCC1CC2C(c3cc(C)cc(C)c3)=CC=CC2C1[Si](C)(C)N1CCNCC1. The Morgan fingerprint density at radius 1 is 1.07 bits per heavy atom. The van der Waals surface area contributed by atoms with Crippen LogP contribution in [0.1, 0.15) is 36.5 Å². The summed E-state index contributed by atoms with van der Waals surface area (Å²) in [6, 6.07) is 7.11. The first-order chi connectivity index (χ1) is 13.4. The van der Waals surface area contributed by atoms with Crippen LogP contribution in [0.5, 0.6) is 0 Å². The number of benzene rings is 1. The van der Waals surface area contributed by atoms with E-state index in [4.69, 9.17) is 0 Å². The van der Waals surface area contributed by atoms with Crippen molar-refractivity contribution in [2.75, 3.05) is 26.2 Å². The maximum absolute atomic E-state index is 3.56. The average Bonchev–Trinajstić information content (AvgIpc) is 3.07. The van der Waals surface area contributed by atoms with Crippen LogP contribution in [0.25, 0.3) is 5.57 Å². The van der Waals surface area contributed by atoms with E-state index in [0.717, 1.165) is 30.5 Å². The summed E-state index contributed by atoms with van der Waals surface area (Å²) < 4.78 is 2.90. The van der Waals surface area contributed by atoms with Crippen molar-refractivity contribution < 1.29 is 0 Å². The summed E-state index contributed by atoms with van der Waals surface area (Å²) in [4.78, 5) is 0. The Morgan fingerprint density at radius 2 is 1.75 bits per heavy atom. The fourth-order valence-corrected chi connectivity index (χ4v) is 11.2. The van der Waals surface area contributed by atoms with E-state index >= 15 is 0 Å². The van der Waals surface area contributed by atoms with Crippen LogP contribution in [0.2, 0.25) is 18.6 Å². The minimum absolute atomic E-state index is 0.704. The zero-order chi connectivity index (χ0) is 19.9. The fraction of sp³-hybridized carbons (Fsp3) is 0.600. The number of aryl methyl sites for hydroxylation is 2. The standard InChI is InChI=1S/C25H38N2Si/c1-6-20-17-24-22(21-15-18(2)14-19(3)16-21)8-7-9-23(24)25(20)28(4,5)27-12-10-26-11-13-27/h7-9,14-16,20,23-26H,6,10-13,17H2,1-5H3. The summed E-state index contributed by atoms with van der Waals surface area (Å²) in [5.74, 6) is 2.29. The van der Waals surface area contributed by atoms with E-state index in [0.29, 0.717) is 5.92 Å². The smallest absolute Gasteiger partial charge is 0.126 e. The van der Waals surface area contributed by atoms with Gasteiger partial charge >= 0.3 is 0 Å². The molecule has 1 saturated heterocycles. The third kappa shape index (κ3) is 3.57. The van der Waals surface area contributed by atoms with Crippen molar-refractivity contribution in [3.8, 4) is 0 Å². The summed E-state index contributed by atoms with van der Waals surface area (Å²) in [5.41, 5.74) is 6.71. The van der Waals surface area contributed by atoms with Gasteiger partial charge in [0.1, 0.15) is 8.24 Å². The van der Waals surface area contributed by atoms with Gasteiger partial charge in [0.15, 0.2) is 0 Å². The second-order valence-corrected chi connectivity index (χ2v) is 14.5. The van der Waals surface area contributed by atoms with Crippen molar-refractivity contribution in [3.63, 3.8) is 0 Å². The van der Waals surface area contributed by atoms with E-state index in [9.17, 15) is 0 Å². The Hall–Kier alpha value is -1.16. The van der Waals surface area contributed by atoms with Crippen LogP contribution < -0.4 is 5.32 Å². The number of fused-ring (bicyclic) bond motifs is 1. The van der Waals surface area contributed by atoms with Crippen LogP contribution in [0.4, 0.5) is 0 Å². The Kier molecular flexibility index (Phi) is 5.70. The second kappa shape index (κ2) is 7.93. The minimum atomic E-state index is -1.50. The van der Waals surface area contributed by atoms with Gasteiger partial charge in [-0.1, -0.05) is 74.0 Å². The van der Waals surface area contributed by atoms with Crippen LogP contribution in [0.3, 0.4) is 0 Å². The zero-order valence-electron chi connectivity index (χ0n) is 18.5. The lowest BCUT2D eigenvalue weighted by molar-refractivity contribution is 0.337. The van der Waals surface area contributed by atoms with E-state index in [2.05, 4.69) is 80.2 Å². The predicted octanol–water partition coefficient (Wildman–Crippen LogP) is 5.40. The highest BCUT2D eigenvalue weighted by Gasteiger charge is 2.52. The van der Waals surface area contributed by atoms with Gasteiger partial charge in [-0.2, -0.15) is 0 Å². The molecular formula is C25H38N2Si. The molecule has 2 nitrogen and oxygen atoms in total. The summed E-state index contributed by atoms with van der Waals surface area (Å²) in [6.07, 6.45) is 10.1. The van der Waals surface area contributed by atoms with Gasteiger partial charge in [0.05, 0.1) is 0 Å². The summed E-state index contributed by atoms with van der Waals surface area (Å²) in [6.45, 7) is 17.0. The Balaban J connectivity index is 1.67. The number of allylic oxidation sites excluding steroid dienone is 4. The molecular weight excluding hydrogens is 356 g/mol. The van der Waals surface area contributed by atoms with E-state index in [1.165, 1.54) is 42.6 Å². The largest absolute Gasteiger partial charge is 0.321 e. The zero-order valence-corrected chi connectivity index (χ0v) is 19.5. The number of nitrogens with zero attached hydrogens (tertiary/aromatic N) is 1. The molecule has 1 aliphatic heterocycles. The Morgan fingerprint density at radius 3 is 2.39 bits per heavy atom. The molecule has 0 bridgehead atoms. The summed E-state index contributed by atoms with van der Waals surface area (Å²) in [7, 11) is -1.50. The van der Waals surface area contributed by atoms with Gasteiger partial charge in [0.25, 0.3) is 0 Å². The Labute approximate surface area is 173 Å². The van der Waals surface area contributed by atoms with Crippen LogP contribution in [0.15, 0.2) is 36.4 Å². The third-order valence-electron chi connectivity index (χ3n) is 7.78. The van der Waals surface area contributed by atoms with E-state index in [-0.39, 0.29) is 0 Å². The minimum Gasteiger partial charge on any atom is -0.321 e. The lowest BCUT2D eigenvalue weighted by Crippen LogP contribution is -2.60. The molecule has 4 atom stereocenters. The molecule has 1 N–H and O–H groups in total. The monoisotopic (exact) mass is 394 g/mol. The van der Waals surface area contributed by atoms with Gasteiger partial charge in [-0.15, -0.1) is 0 Å². The molecule has 3 aliphatic rings. The van der Waals surface area contributed by atoms with Crippen LogP contribution in [-0.2, 0) is 0 Å². The topological polar surface area (TPSA) is 15.3 Å². The van der Waals surface area contributed by atoms with Crippen LogP contribution in [0, 0.1) is 31.6 Å². The van der Waals surface area contributed by atoms with Crippen LogP contribution in [-0.4, -0.2) is 39.0 Å². The van der Waals surface area contributed by atoms with Crippen molar-refractivity contribution in [3.05, 3.63) is 53.1 Å². The second-order valence-electron chi connectivity index (χ2n) is 9.89. The average molecular weight is 395 g/mol. The molecule has 152 valence electrons. The first-order valence-electron chi connectivity index (χ1n) is 11.3. The van der Waals surface area contributed by atoms with Crippen molar-refractivity contribution in [1.82, 2.24) is 9.88 Å². The van der Waals surface area contributed by atoms with Crippen molar-refractivity contribution >= 4 is 13.8 Å². The van der Waals surface area contributed by atoms with E-state index < -0.39 is 8.24 Å². The van der Waals surface area contributed by atoms with Crippen molar-refractivity contribution in [1.29, 1.82) is 0 Å². The molecule has 1 aromatic rings. The number of hydrogen-bond acceptors (Lipinski definition) is 2. The highest BCUT2D eigenvalue weighted by Crippen LogP contribution is 2.58. The van der Waals surface area contributed by atoms with E-state index in [1.54, 1.807) is 5.57 Å². The quantitative estimate of drug-likeness (QED) is 0.688. The number of rotatable bonds is 4. The number of hydrogen-bond donors (Lipinski definition) is 1. The molecule has 0 aromatic heterocycles. The molecule has 2 aliphatic carbocycles. The number of nitrogens with one attached hydrogen (secondary N) is 1. The molecule has 3 heteroatoms. The lowest BCUT2D eigenvalue weighted by Gasteiger charge is -2.47. The molecule has 1 saturated carbocycles. The summed E-state index contributed by atoms with van der Waals surface area (Å²) in [5, 5.41) is 3.56.